The van der Waals surface area contributed by atoms with Crippen LogP contribution >= 0.6 is 0 Å². The van der Waals surface area contributed by atoms with E-state index in [4.69, 9.17) is 9.40 Å². The summed E-state index contributed by atoms with van der Waals surface area (Å²) in [5, 5.41) is 2.91. The van der Waals surface area contributed by atoms with E-state index in [9.17, 15) is 9.59 Å². The van der Waals surface area contributed by atoms with Crippen molar-refractivity contribution in [2.24, 2.45) is 0 Å². The number of hydrogen-bond acceptors (Lipinski definition) is 4. The molecule has 0 saturated heterocycles. The van der Waals surface area contributed by atoms with Gasteiger partial charge in [-0.3, -0.25) is 9.59 Å². The van der Waals surface area contributed by atoms with Crippen LogP contribution in [0.4, 0.5) is 5.69 Å². The lowest BCUT2D eigenvalue weighted by atomic mass is 10.2. The highest BCUT2D eigenvalue weighted by Crippen LogP contribution is 2.22. The van der Waals surface area contributed by atoms with Crippen LogP contribution in [-0.2, 0) is 11.3 Å². The molecule has 4 aromatic rings. The third-order valence-corrected chi connectivity index (χ3v) is 5.14. The van der Waals surface area contributed by atoms with E-state index in [-0.39, 0.29) is 24.1 Å². The lowest BCUT2D eigenvalue weighted by Crippen LogP contribution is -2.35. The minimum Gasteiger partial charge on any atom is -0.459 e. The number of nitrogens with one attached hydrogen (secondary N) is 1. The second-order valence-electron chi connectivity index (χ2n) is 7.19. The van der Waals surface area contributed by atoms with Crippen molar-refractivity contribution in [2.75, 3.05) is 11.4 Å². The predicted molar refractivity (Wildman–Crippen MR) is 119 cm³/mol. The molecule has 1 N–H and O–H groups in total. The first-order chi connectivity index (χ1) is 15.1. The summed E-state index contributed by atoms with van der Waals surface area (Å²) in [5.74, 6) is 0.454. The molecular weight excluding hydrogens is 392 g/mol. The van der Waals surface area contributed by atoms with Gasteiger partial charge in [0.2, 0.25) is 5.91 Å². The van der Waals surface area contributed by atoms with Gasteiger partial charge in [0.25, 0.3) is 5.91 Å². The Bertz CT molecular complexity index is 1180. The van der Waals surface area contributed by atoms with Crippen LogP contribution in [0.2, 0.25) is 0 Å². The Hall–Kier alpha value is -3.87. The molecule has 31 heavy (non-hydrogen) atoms. The third-order valence-electron chi connectivity index (χ3n) is 5.14. The lowest BCUT2D eigenvalue weighted by molar-refractivity contribution is -0.119. The van der Waals surface area contributed by atoms with Crippen molar-refractivity contribution in [1.29, 1.82) is 0 Å². The molecule has 2 aromatic heterocycles. The minimum atomic E-state index is -0.426. The van der Waals surface area contributed by atoms with Crippen LogP contribution in [0.3, 0.4) is 0 Å². The first-order valence-electron chi connectivity index (χ1n) is 10.2. The molecule has 4 rings (SSSR count). The third kappa shape index (κ3) is 4.21. The Morgan fingerprint density at radius 2 is 1.81 bits per heavy atom. The Balaban J connectivity index is 1.65. The number of furan rings is 1. The van der Waals surface area contributed by atoms with E-state index in [0.29, 0.717) is 12.4 Å². The van der Waals surface area contributed by atoms with Crippen molar-refractivity contribution in [3.05, 3.63) is 84.6 Å². The zero-order valence-electron chi connectivity index (χ0n) is 17.5. The quantitative estimate of drug-likeness (QED) is 0.490. The first kappa shape index (κ1) is 20.4. The van der Waals surface area contributed by atoms with Gasteiger partial charge in [0.1, 0.15) is 12.4 Å². The van der Waals surface area contributed by atoms with Crippen molar-refractivity contribution in [3.8, 4) is 0 Å². The van der Waals surface area contributed by atoms with Gasteiger partial charge in [-0.15, -0.1) is 0 Å². The summed E-state index contributed by atoms with van der Waals surface area (Å²) < 4.78 is 7.05. The van der Waals surface area contributed by atoms with Crippen molar-refractivity contribution in [3.63, 3.8) is 0 Å². The molecule has 2 amide bonds. The molecule has 0 aliphatic rings. The summed E-state index contributed by atoms with van der Waals surface area (Å²) in [6, 6.07) is 20.1. The number of anilines is 1. The van der Waals surface area contributed by atoms with Gasteiger partial charge in [-0.1, -0.05) is 30.3 Å². The van der Waals surface area contributed by atoms with E-state index in [1.165, 1.54) is 6.26 Å². The zero-order chi connectivity index (χ0) is 21.8. The highest BCUT2D eigenvalue weighted by atomic mass is 16.3. The number of benzene rings is 2. The smallest absolute Gasteiger partial charge is 0.287 e. The number of likely N-dealkylation sites (N-methyl/N-ethyl adjacent to an activating group) is 1. The summed E-state index contributed by atoms with van der Waals surface area (Å²) in [6.45, 7) is 4.46. The van der Waals surface area contributed by atoms with Crippen LogP contribution in [0.1, 0.15) is 36.3 Å². The standard InChI is InChI=1S/C24H24N4O3/c1-3-27(18-10-5-4-6-11-18)22(29)16-28-20-13-8-7-12-19(20)26-23(28)17(2)25-24(30)21-14-9-15-31-21/h4-15,17H,3,16H2,1-2H3,(H,25,30)/t17-/m1/s1. The fourth-order valence-corrected chi connectivity index (χ4v) is 3.66. The molecular formula is C24H24N4O3. The molecule has 7 heteroatoms. The number of hydrogen-bond donors (Lipinski definition) is 1. The Morgan fingerprint density at radius 1 is 1.06 bits per heavy atom. The molecule has 0 unspecified atom stereocenters. The predicted octanol–water partition coefficient (Wildman–Crippen LogP) is 4.17. The van der Waals surface area contributed by atoms with Crippen molar-refractivity contribution in [1.82, 2.24) is 14.9 Å². The van der Waals surface area contributed by atoms with E-state index < -0.39 is 6.04 Å². The monoisotopic (exact) mass is 416 g/mol. The average molecular weight is 416 g/mol. The lowest BCUT2D eigenvalue weighted by Gasteiger charge is -2.23. The van der Waals surface area contributed by atoms with Gasteiger partial charge in [-0.2, -0.15) is 0 Å². The van der Waals surface area contributed by atoms with Crippen molar-refractivity contribution < 1.29 is 14.0 Å². The molecule has 2 aromatic carbocycles. The van der Waals surface area contributed by atoms with Crippen LogP contribution in [0.15, 0.2) is 77.4 Å². The largest absolute Gasteiger partial charge is 0.459 e. The molecule has 0 aliphatic carbocycles. The summed E-state index contributed by atoms with van der Waals surface area (Å²) in [4.78, 5) is 32.2. The molecule has 1 atom stereocenters. The molecule has 2 heterocycles. The number of aromatic nitrogens is 2. The molecule has 0 fully saturated rings. The summed E-state index contributed by atoms with van der Waals surface area (Å²) in [7, 11) is 0. The Kier molecular flexibility index (Phi) is 5.84. The maximum Gasteiger partial charge on any atom is 0.287 e. The minimum absolute atomic E-state index is 0.0531. The number of amides is 2. The average Bonchev–Trinajstić information content (AvgIpc) is 3.44. The number of carbonyl (C=O) groups excluding carboxylic acids is 2. The molecule has 0 saturated carbocycles. The van der Waals surface area contributed by atoms with Gasteiger partial charge in [0.15, 0.2) is 5.76 Å². The highest BCUT2D eigenvalue weighted by Gasteiger charge is 2.23. The van der Waals surface area contributed by atoms with E-state index in [0.717, 1.165) is 16.7 Å². The van der Waals surface area contributed by atoms with Crippen LogP contribution < -0.4 is 10.2 Å². The zero-order valence-corrected chi connectivity index (χ0v) is 17.5. The number of imidazole rings is 1. The molecule has 0 bridgehead atoms. The Labute approximate surface area is 180 Å². The molecule has 7 nitrogen and oxygen atoms in total. The first-order valence-corrected chi connectivity index (χ1v) is 10.2. The summed E-state index contributed by atoms with van der Waals surface area (Å²) in [5.41, 5.74) is 2.46. The topological polar surface area (TPSA) is 80.4 Å². The van der Waals surface area contributed by atoms with Crippen molar-refractivity contribution >= 4 is 28.5 Å². The Morgan fingerprint density at radius 3 is 2.52 bits per heavy atom. The van der Waals surface area contributed by atoms with Crippen LogP contribution in [0, 0.1) is 0 Å². The van der Waals surface area contributed by atoms with Gasteiger partial charge in [0.05, 0.1) is 23.3 Å². The molecule has 158 valence electrons. The van der Waals surface area contributed by atoms with Gasteiger partial charge in [-0.25, -0.2) is 4.98 Å². The fourth-order valence-electron chi connectivity index (χ4n) is 3.66. The molecule has 0 spiro atoms. The van der Waals surface area contributed by atoms with Gasteiger partial charge < -0.3 is 19.2 Å². The normalized spacial score (nSPS) is 11.9. The highest BCUT2D eigenvalue weighted by molar-refractivity contribution is 5.94. The number of para-hydroxylation sites is 3. The number of carbonyl (C=O) groups is 2. The van der Waals surface area contributed by atoms with Crippen LogP contribution in [-0.4, -0.2) is 27.9 Å². The van der Waals surface area contributed by atoms with Crippen LogP contribution in [0.25, 0.3) is 11.0 Å². The van der Waals surface area contributed by atoms with Crippen molar-refractivity contribution in [2.45, 2.75) is 26.4 Å². The van der Waals surface area contributed by atoms with E-state index in [1.807, 2.05) is 73.0 Å². The molecule has 0 aliphatic heterocycles. The maximum absolute atomic E-state index is 13.2. The summed E-state index contributed by atoms with van der Waals surface area (Å²) in [6.07, 6.45) is 1.45. The van der Waals surface area contributed by atoms with Gasteiger partial charge in [-0.05, 0) is 50.2 Å². The fraction of sp³-hybridized carbons (Fsp3) is 0.208. The second-order valence-corrected chi connectivity index (χ2v) is 7.19. The number of rotatable bonds is 7. The SMILES string of the molecule is CCN(C(=O)Cn1c([C@@H](C)NC(=O)c2ccco2)nc2ccccc21)c1ccccc1. The number of fused-ring (bicyclic) bond motifs is 1. The van der Waals surface area contributed by atoms with Crippen LogP contribution in [0.5, 0.6) is 0 Å². The van der Waals surface area contributed by atoms with E-state index >= 15 is 0 Å². The van der Waals surface area contributed by atoms with E-state index in [2.05, 4.69) is 5.32 Å². The van der Waals surface area contributed by atoms with Gasteiger partial charge >= 0.3 is 0 Å². The van der Waals surface area contributed by atoms with E-state index in [1.54, 1.807) is 17.0 Å². The second kappa shape index (κ2) is 8.87. The molecule has 0 radical (unpaired) electrons. The maximum atomic E-state index is 13.2. The summed E-state index contributed by atoms with van der Waals surface area (Å²) >= 11 is 0. The number of nitrogens with zero attached hydrogens (tertiary/aromatic N) is 3. The van der Waals surface area contributed by atoms with Gasteiger partial charge in [0, 0.05) is 12.2 Å².